The van der Waals surface area contributed by atoms with Crippen molar-refractivity contribution in [2.24, 2.45) is 0 Å². The molecule has 6 nitrogen and oxygen atoms in total. The van der Waals surface area contributed by atoms with Gasteiger partial charge in [0.2, 0.25) is 12.3 Å². The smallest absolute Gasteiger partial charge is 0.254 e. The molecule has 6 heteroatoms. The zero-order chi connectivity index (χ0) is 14.4. The van der Waals surface area contributed by atoms with Crippen LogP contribution in [0.2, 0.25) is 0 Å². The molecular formula is C14H15N3O3. The predicted molar refractivity (Wildman–Crippen MR) is 72.9 cm³/mol. The molecule has 20 heavy (non-hydrogen) atoms. The highest BCUT2D eigenvalue weighted by Gasteiger charge is 2.14. The topological polar surface area (TPSA) is 79.5 Å². The summed E-state index contributed by atoms with van der Waals surface area (Å²) in [5.74, 6) is 0.248. The van der Waals surface area contributed by atoms with Crippen LogP contribution in [0.15, 0.2) is 47.7 Å². The molecule has 0 saturated heterocycles. The van der Waals surface area contributed by atoms with Gasteiger partial charge in [0.05, 0.1) is 6.61 Å². The molecule has 2 rings (SSSR count). The molecule has 104 valence electrons. The molecule has 0 unspecified atom stereocenters. The van der Waals surface area contributed by atoms with Crippen LogP contribution in [-0.4, -0.2) is 45.8 Å². The van der Waals surface area contributed by atoms with Crippen molar-refractivity contribution in [3.05, 3.63) is 48.9 Å². The molecule has 0 saturated carbocycles. The van der Waals surface area contributed by atoms with Crippen LogP contribution in [-0.2, 0) is 0 Å². The Balaban J connectivity index is 2.16. The number of benzene rings is 1. The van der Waals surface area contributed by atoms with Gasteiger partial charge in [0.15, 0.2) is 0 Å². The number of amides is 1. The van der Waals surface area contributed by atoms with E-state index in [0.29, 0.717) is 18.0 Å². The van der Waals surface area contributed by atoms with Gasteiger partial charge in [-0.1, -0.05) is 6.08 Å². The molecule has 0 fully saturated rings. The van der Waals surface area contributed by atoms with E-state index in [1.165, 1.54) is 11.3 Å². The lowest BCUT2D eigenvalue weighted by molar-refractivity contribution is 0.0743. The van der Waals surface area contributed by atoms with Crippen LogP contribution in [0, 0.1) is 0 Å². The highest BCUT2D eigenvalue weighted by Crippen LogP contribution is 2.17. The van der Waals surface area contributed by atoms with Crippen molar-refractivity contribution in [1.29, 1.82) is 0 Å². The summed E-state index contributed by atoms with van der Waals surface area (Å²) in [4.78, 5) is 13.8. The molecule has 1 aromatic carbocycles. The van der Waals surface area contributed by atoms with Gasteiger partial charge in [-0.05, 0) is 24.3 Å². The standard InChI is InChI=1S/C14H15N3O3/c1-2-7-17(8-9-18)14(19)12-5-3-11(4-6-12)13-16-15-10-20-13/h2-6,10,18H,1,7-9H2. The van der Waals surface area contributed by atoms with Gasteiger partial charge in [-0.25, -0.2) is 0 Å². The molecule has 0 bridgehead atoms. The maximum absolute atomic E-state index is 12.2. The summed E-state index contributed by atoms with van der Waals surface area (Å²) in [5, 5.41) is 16.4. The first-order valence-electron chi connectivity index (χ1n) is 6.14. The summed E-state index contributed by atoms with van der Waals surface area (Å²) in [6.45, 7) is 4.19. The van der Waals surface area contributed by atoms with Crippen LogP contribution in [0.4, 0.5) is 0 Å². The molecule has 1 amide bonds. The third kappa shape index (κ3) is 3.10. The summed E-state index contributed by atoms with van der Waals surface area (Å²) in [6, 6.07) is 6.86. The van der Waals surface area contributed by atoms with E-state index in [0.717, 1.165) is 5.56 Å². The quantitative estimate of drug-likeness (QED) is 0.804. The van der Waals surface area contributed by atoms with Crippen LogP contribution >= 0.6 is 0 Å². The fraction of sp³-hybridized carbons (Fsp3) is 0.214. The third-order valence-corrected chi connectivity index (χ3v) is 2.75. The van der Waals surface area contributed by atoms with Crippen molar-refractivity contribution in [1.82, 2.24) is 15.1 Å². The maximum atomic E-state index is 12.2. The van der Waals surface area contributed by atoms with Gasteiger partial charge in [0.25, 0.3) is 5.91 Å². The van der Waals surface area contributed by atoms with Gasteiger partial charge in [-0.3, -0.25) is 4.79 Å². The van der Waals surface area contributed by atoms with Gasteiger partial charge in [0, 0.05) is 24.2 Å². The molecule has 0 aliphatic rings. The van der Waals surface area contributed by atoms with Crippen molar-refractivity contribution < 1.29 is 14.3 Å². The van der Waals surface area contributed by atoms with E-state index in [1.807, 2.05) is 0 Å². The fourth-order valence-corrected chi connectivity index (χ4v) is 1.79. The molecule has 0 atom stereocenters. The Morgan fingerprint density at radius 1 is 1.40 bits per heavy atom. The van der Waals surface area contributed by atoms with Crippen molar-refractivity contribution in [2.45, 2.75) is 0 Å². The number of aliphatic hydroxyl groups is 1. The van der Waals surface area contributed by atoms with Gasteiger partial charge in [0.1, 0.15) is 0 Å². The van der Waals surface area contributed by atoms with Gasteiger partial charge in [-0.2, -0.15) is 0 Å². The van der Waals surface area contributed by atoms with Gasteiger partial charge < -0.3 is 14.4 Å². The minimum Gasteiger partial charge on any atom is -0.423 e. The Morgan fingerprint density at radius 2 is 2.15 bits per heavy atom. The first-order valence-corrected chi connectivity index (χ1v) is 6.14. The van der Waals surface area contributed by atoms with Crippen LogP contribution in [0.5, 0.6) is 0 Å². The Bertz CT molecular complexity index is 564. The Hall–Kier alpha value is -2.47. The largest absolute Gasteiger partial charge is 0.423 e. The summed E-state index contributed by atoms with van der Waals surface area (Å²) < 4.78 is 5.08. The molecule has 0 aliphatic heterocycles. The maximum Gasteiger partial charge on any atom is 0.254 e. The number of hydrogen-bond donors (Lipinski definition) is 1. The Morgan fingerprint density at radius 3 is 2.70 bits per heavy atom. The third-order valence-electron chi connectivity index (χ3n) is 2.75. The lowest BCUT2D eigenvalue weighted by Crippen LogP contribution is -2.33. The lowest BCUT2D eigenvalue weighted by atomic mass is 10.1. The predicted octanol–water partition coefficient (Wildman–Crippen LogP) is 1.36. The number of hydrogen-bond acceptors (Lipinski definition) is 5. The van der Waals surface area contributed by atoms with Gasteiger partial charge >= 0.3 is 0 Å². The molecule has 0 radical (unpaired) electrons. The number of carbonyl (C=O) groups excluding carboxylic acids is 1. The Kier molecular flexibility index (Phi) is 4.62. The van der Waals surface area contributed by atoms with Crippen molar-refractivity contribution in [3.8, 4) is 11.5 Å². The summed E-state index contributed by atoms with van der Waals surface area (Å²) >= 11 is 0. The monoisotopic (exact) mass is 273 g/mol. The molecule has 0 aliphatic carbocycles. The van der Waals surface area contributed by atoms with Crippen molar-refractivity contribution >= 4 is 5.91 Å². The summed E-state index contributed by atoms with van der Waals surface area (Å²) in [6.07, 6.45) is 2.88. The minimum atomic E-state index is -0.156. The molecule has 0 spiro atoms. The zero-order valence-electron chi connectivity index (χ0n) is 10.9. The number of carbonyl (C=O) groups is 1. The van der Waals surface area contributed by atoms with E-state index >= 15 is 0 Å². The van der Waals surface area contributed by atoms with Gasteiger partial charge in [-0.15, -0.1) is 16.8 Å². The molecular weight excluding hydrogens is 258 g/mol. The highest BCUT2D eigenvalue weighted by atomic mass is 16.4. The first kappa shape index (κ1) is 14.0. The number of rotatable bonds is 6. The number of aliphatic hydroxyl groups excluding tert-OH is 1. The van der Waals surface area contributed by atoms with E-state index in [2.05, 4.69) is 16.8 Å². The molecule has 1 N–H and O–H groups in total. The summed E-state index contributed by atoms with van der Waals surface area (Å²) in [5.41, 5.74) is 1.28. The van der Waals surface area contributed by atoms with E-state index in [9.17, 15) is 4.79 Å². The first-order chi connectivity index (χ1) is 9.76. The highest BCUT2D eigenvalue weighted by molar-refractivity contribution is 5.94. The lowest BCUT2D eigenvalue weighted by Gasteiger charge is -2.19. The molecule has 1 aromatic heterocycles. The van der Waals surface area contributed by atoms with Crippen LogP contribution in [0.25, 0.3) is 11.5 Å². The van der Waals surface area contributed by atoms with Crippen molar-refractivity contribution in [3.63, 3.8) is 0 Å². The van der Waals surface area contributed by atoms with E-state index in [1.54, 1.807) is 30.3 Å². The second kappa shape index (κ2) is 6.63. The molecule has 1 heterocycles. The average molecular weight is 273 g/mol. The Labute approximate surface area is 116 Å². The second-order valence-electron chi connectivity index (χ2n) is 4.08. The van der Waals surface area contributed by atoms with Crippen LogP contribution in [0.3, 0.4) is 0 Å². The number of aromatic nitrogens is 2. The van der Waals surface area contributed by atoms with E-state index < -0.39 is 0 Å². The second-order valence-corrected chi connectivity index (χ2v) is 4.08. The normalized spacial score (nSPS) is 10.2. The van der Waals surface area contributed by atoms with Crippen LogP contribution < -0.4 is 0 Å². The average Bonchev–Trinajstić information content (AvgIpc) is 3.01. The zero-order valence-corrected chi connectivity index (χ0v) is 10.9. The SMILES string of the molecule is C=CCN(CCO)C(=O)c1ccc(-c2nnco2)cc1. The minimum absolute atomic E-state index is 0.0837. The number of nitrogens with zero attached hydrogens (tertiary/aromatic N) is 3. The van der Waals surface area contributed by atoms with E-state index in [-0.39, 0.29) is 19.1 Å². The van der Waals surface area contributed by atoms with E-state index in [4.69, 9.17) is 9.52 Å². The van der Waals surface area contributed by atoms with Crippen molar-refractivity contribution in [2.75, 3.05) is 19.7 Å². The summed E-state index contributed by atoms with van der Waals surface area (Å²) in [7, 11) is 0. The fourth-order valence-electron chi connectivity index (χ4n) is 1.79. The molecule has 2 aromatic rings. The van der Waals surface area contributed by atoms with Crippen LogP contribution in [0.1, 0.15) is 10.4 Å².